The normalized spacial score (nSPS) is 10.3. The Labute approximate surface area is 174 Å². The summed E-state index contributed by atoms with van der Waals surface area (Å²) in [5, 5.41) is 5.87. The first-order valence-corrected chi connectivity index (χ1v) is 9.56. The third kappa shape index (κ3) is 6.09. The highest BCUT2D eigenvalue weighted by atomic mass is 35.5. The van der Waals surface area contributed by atoms with Gasteiger partial charge in [-0.3, -0.25) is 9.59 Å². The van der Waals surface area contributed by atoms with Gasteiger partial charge in [-0.05, 0) is 61.0 Å². The summed E-state index contributed by atoms with van der Waals surface area (Å²) < 4.78 is 5.79. The van der Waals surface area contributed by atoms with Crippen LogP contribution in [-0.2, 0) is 4.79 Å². The fraction of sp³-hybridized carbons (Fsp3) is 0.130. The summed E-state index contributed by atoms with van der Waals surface area (Å²) in [4.78, 5) is 24.2. The van der Waals surface area contributed by atoms with Crippen LogP contribution in [-0.4, -0.2) is 18.4 Å². The maximum absolute atomic E-state index is 12.1. The third-order valence-electron chi connectivity index (χ3n) is 4.12. The van der Waals surface area contributed by atoms with Gasteiger partial charge in [-0.2, -0.15) is 0 Å². The fourth-order valence-corrected chi connectivity index (χ4v) is 2.90. The highest BCUT2D eigenvalue weighted by Crippen LogP contribution is 2.23. The van der Waals surface area contributed by atoms with E-state index in [1.807, 2.05) is 31.2 Å². The molecule has 3 aromatic carbocycles. The van der Waals surface area contributed by atoms with Crippen LogP contribution in [0.4, 0.5) is 5.69 Å². The molecule has 0 atom stereocenters. The molecule has 0 aliphatic heterocycles. The lowest BCUT2D eigenvalue weighted by Crippen LogP contribution is -2.27. The standard InChI is InChI=1S/C23H21ClN2O3/c1-16-5-4-6-19(15-16)29-18-11-9-17(10-12-18)26-22(27)13-14-25-23(28)20-7-2-3-8-21(20)24/h2-12,15H,13-14H2,1H3,(H,25,28)(H,26,27). The highest BCUT2D eigenvalue weighted by molar-refractivity contribution is 6.33. The molecule has 6 heteroatoms. The van der Waals surface area contributed by atoms with Gasteiger partial charge in [-0.25, -0.2) is 0 Å². The minimum Gasteiger partial charge on any atom is -0.457 e. The Kier molecular flexibility index (Phi) is 6.87. The van der Waals surface area contributed by atoms with Crippen molar-refractivity contribution in [1.29, 1.82) is 0 Å². The Balaban J connectivity index is 1.45. The lowest BCUT2D eigenvalue weighted by molar-refractivity contribution is -0.116. The second-order valence-electron chi connectivity index (χ2n) is 6.48. The number of carbonyl (C=O) groups excluding carboxylic acids is 2. The Hall–Kier alpha value is -3.31. The molecule has 0 unspecified atom stereocenters. The lowest BCUT2D eigenvalue weighted by Gasteiger charge is -2.09. The largest absolute Gasteiger partial charge is 0.457 e. The summed E-state index contributed by atoms with van der Waals surface area (Å²) in [6.45, 7) is 2.22. The van der Waals surface area contributed by atoms with E-state index in [0.717, 1.165) is 11.3 Å². The molecule has 0 heterocycles. The highest BCUT2D eigenvalue weighted by Gasteiger charge is 2.10. The second kappa shape index (κ2) is 9.75. The number of hydrogen-bond donors (Lipinski definition) is 2. The molecule has 29 heavy (non-hydrogen) atoms. The first-order chi connectivity index (χ1) is 14.0. The summed E-state index contributed by atoms with van der Waals surface area (Å²) in [6, 6.07) is 21.7. The number of hydrogen-bond acceptors (Lipinski definition) is 3. The van der Waals surface area contributed by atoms with Gasteiger partial charge in [0.05, 0.1) is 10.6 Å². The van der Waals surface area contributed by atoms with E-state index in [-0.39, 0.29) is 24.8 Å². The predicted octanol–water partition coefficient (Wildman–Crippen LogP) is 5.20. The number of amides is 2. The van der Waals surface area contributed by atoms with E-state index in [1.165, 1.54) is 0 Å². The van der Waals surface area contributed by atoms with Gasteiger partial charge < -0.3 is 15.4 Å². The van der Waals surface area contributed by atoms with Crippen LogP contribution in [0.2, 0.25) is 5.02 Å². The molecule has 0 saturated heterocycles. The molecule has 0 spiro atoms. The van der Waals surface area contributed by atoms with Gasteiger partial charge >= 0.3 is 0 Å². The zero-order chi connectivity index (χ0) is 20.6. The van der Waals surface area contributed by atoms with E-state index in [1.54, 1.807) is 48.5 Å². The number of nitrogens with one attached hydrogen (secondary N) is 2. The van der Waals surface area contributed by atoms with Gasteiger partial charge in [0.1, 0.15) is 11.5 Å². The van der Waals surface area contributed by atoms with Gasteiger partial charge in [0, 0.05) is 18.7 Å². The van der Waals surface area contributed by atoms with Crippen molar-refractivity contribution in [2.24, 2.45) is 0 Å². The molecule has 0 aliphatic rings. The average Bonchev–Trinajstić information content (AvgIpc) is 2.70. The Morgan fingerprint density at radius 2 is 1.69 bits per heavy atom. The molecule has 0 saturated carbocycles. The predicted molar refractivity (Wildman–Crippen MR) is 115 cm³/mol. The molecule has 5 nitrogen and oxygen atoms in total. The van der Waals surface area contributed by atoms with E-state index >= 15 is 0 Å². The lowest BCUT2D eigenvalue weighted by atomic mass is 10.2. The number of carbonyl (C=O) groups is 2. The molecule has 3 aromatic rings. The van der Waals surface area contributed by atoms with Crippen molar-refractivity contribution in [2.75, 3.05) is 11.9 Å². The van der Waals surface area contributed by atoms with Crippen molar-refractivity contribution in [2.45, 2.75) is 13.3 Å². The van der Waals surface area contributed by atoms with E-state index in [4.69, 9.17) is 16.3 Å². The molecule has 0 aromatic heterocycles. The maximum Gasteiger partial charge on any atom is 0.252 e. The van der Waals surface area contributed by atoms with Crippen molar-refractivity contribution in [3.8, 4) is 11.5 Å². The number of aryl methyl sites for hydroxylation is 1. The molecule has 0 aliphatic carbocycles. The van der Waals surface area contributed by atoms with Crippen molar-refractivity contribution >= 4 is 29.1 Å². The van der Waals surface area contributed by atoms with Crippen molar-refractivity contribution in [3.63, 3.8) is 0 Å². The quantitative estimate of drug-likeness (QED) is 0.564. The average molecular weight is 409 g/mol. The van der Waals surface area contributed by atoms with Crippen LogP contribution in [0.1, 0.15) is 22.3 Å². The van der Waals surface area contributed by atoms with Crippen LogP contribution in [0.15, 0.2) is 72.8 Å². The van der Waals surface area contributed by atoms with E-state index in [0.29, 0.717) is 22.0 Å². The minimum absolute atomic E-state index is 0.151. The number of halogens is 1. The fourth-order valence-electron chi connectivity index (χ4n) is 2.67. The molecule has 0 bridgehead atoms. The molecule has 2 N–H and O–H groups in total. The van der Waals surface area contributed by atoms with E-state index < -0.39 is 0 Å². The summed E-state index contributed by atoms with van der Waals surface area (Å²) in [7, 11) is 0. The van der Waals surface area contributed by atoms with Gasteiger partial charge in [0.15, 0.2) is 0 Å². The number of anilines is 1. The first kappa shape index (κ1) is 20.4. The Morgan fingerprint density at radius 1 is 0.931 bits per heavy atom. The Morgan fingerprint density at radius 3 is 2.41 bits per heavy atom. The maximum atomic E-state index is 12.1. The minimum atomic E-state index is -0.305. The van der Waals surface area contributed by atoms with Crippen LogP contribution >= 0.6 is 11.6 Å². The molecule has 3 rings (SSSR count). The second-order valence-corrected chi connectivity index (χ2v) is 6.88. The smallest absolute Gasteiger partial charge is 0.252 e. The van der Waals surface area contributed by atoms with Crippen LogP contribution in [0.3, 0.4) is 0 Å². The van der Waals surface area contributed by atoms with Gasteiger partial charge in [-0.15, -0.1) is 0 Å². The number of ether oxygens (including phenoxy) is 1. The summed E-state index contributed by atoms with van der Waals surface area (Å²) in [5.41, 5.74) is 2.16. The van der Waals surface area contributed by atoms with Crippen molar-refractivity contribution in [1.82, 2.24) is 5.32 Å². The molecule has 0 radical (unpaired) electrons. The molecular weight excluding hydrogens is 388 g/mol. The van der Waals surface area contributed by atoms with Crippen LogP contribution in [0.25, 0.3) is 0 Å². The zero-order valence-electron chi connectivity index (χ0n) is 15.9. The van der Waals surface area contributed by atoms with E-state index in [9.17, 15) is 9.59 Å². The number of benzene rings is 3. The molecule has 0 fully saturated rings. The first-order valence-electron chi connectivity index (χ1n) is 9.18. The van der Waals surface area contributed by atoms with Crippen molar-refractivity contribution < 1.29 is 14.3 Å². The van der Waals surface area contributed by atoms with Crippen LogP contribution < -0.4 is 15.4 Å². The van der Waals surface area contributed by atoms with Crippen molar-refractivity contribution in [3.05, 3.63) is 88.9 Å². The summed E-state index contributed by atoms with van der Waals surface area (Å²) in [5.74, 6) is 0.939. The molecule has 148 valence electrons. The summed E-state index contributed by atoms with van der Waals surface area (Å²) >= 11 is 5.99. The van der Waals surface area contributed by atoms with E-state index in [2.05, 4.69) is 10.6 Å². The van der Waals surface area contributed by atoms with Gasteiger partial charge in [0.2, 0.25) is 5.91 Å². The SMILES string of the molecule is Cc1cccc(Oc2ccc(NC(=O)CCNC(=O)c3ccccc3Cl)cc2)c1. The zero-order valence-corrected chi connectivity index (χ0v) is 16.7. The van der Waals surface area contributed by atoms with Gasteiger partial charge in [-0.1, -0.05) is 35.9 Å². The third-order valence-corrected chi connectivity index (χ3v) is 4.45. The van der Waals surface area contributed by atoms with Crippen LogP contribution in [0, 0.1) is 6.92 Å². The number of rotatable bonds is 7. The topological polar surface area (TPSA) is 67.4 Å². The van der Waals surface area contributed by atoms with Crippen LogP contribution in [0.5, 0.6) is 11.5 Å². The monoisotopic (exact) mass is 408 g/mol. The summed E-state index contributed by atoms with van der Waals surface area (Å²) in [6.07, 6.45) is 0.151. The van der Waals surface area contributed by atoms with Gasteiger partial charge in [0.25, 0.3) is 5.91 Å². The molecule has 2 amide bonds. The molecular formula is C23H21ClN2O3. The Bertz CT molecular complexity index is 1000.